The smallest absolute Gasteiger partial charge is 0.401 e. The Balaban J connectivity index is 1.86. The van der Waals surface area contributed by atoms with Crippen molar-refractivity contribution >= 4 is 24.0 Å². The lowest BCUT2D eigenvalue weighted by Gasteiger charge is -1.94. The average molecular weight is 285 g/mol. The molecule has 0 fully saturated rings. The number of nitro groups is 1. The van der Waals surface area contributed by atoms with Crippen molar-refractivity contribution in [3.05, 3.63) is 64.2 Å². The molecular weight excluding hydrogens is 274 g/mol. The maximum absolute atomic E-state index is 11.7. The molecule has 7 nitrogen and oxygen atoms in total. The van der Waals surface area contributed by atoms with Crippen molar-refractivity contribution in [1.29, 1.82) is 0 Å². The Bertz CT molecular complexity index is 689. The minimum Gasteiger partial charge on any atom is -0.401 e. The van der Waals surface area contributed by atoms with E-state index in [1.165, 1.54) is 24.4 Å². The van der Waals surface area contributed by atoms with Crippen molar-refractivity contribution < 1.29 is 14.1 Å². The van der Waals surface area contributed by atoms with Crippen LogP contribution in [0.2, 0.25) is 0 Å². The number of hydrogen-bond donors (Lipinski definition) is 0. The number of aliphatic imine (C=N–C) groups is 1. The molecule has 2 aromatic rings. The molecule has 0 atom stereocenters. The Morgan fingerprint density at radius 3 is 2.76 bits per heavy atom. The van der Waals surface area contributed by atoms with Gasteiger partial charge < -0.3 is 4.42 Å². The third kappa shape index (κ3) is 4.20. The Hall–Kier alpha value is -3.09. The molecule has 2 heterocycles. The number of carbonyl (C=O) groups is 1. The zero-order valence-electron chi connectivity index (χ0n) is 10.9. The molecule has 0 aliphatic heterocycles. The van der Waals surface area contributed by atoms with E-state index in [-0.39, 0.29) is 18.2 Å². The van der Waals surface area contributed by atoms with Crippen LogP contribution in [0.3, 0.4) is 0 Å². The van der Waals surface area contributed by atoms with Crippen LogP contribution in [0.1, 0.15) is 16.1 Å². The summed E-state index contributed by atoms with van der Waals surface area (Å²) in [6, 6.07) is 5.99. The van der Waals surface area contributed by atoms with Crippen LogP contribution in [-0.4, -0.2) is 28.4 Å². The molecule has 0 aliphatic rings. The molecule has 0 bridgehead atoms. The van der Waals surface area contributed by atoms with Gasteiger partial charge in [0.15, 0.2) is 5.78 Å². The number of allylic oxidation sites excluding steroid dienone is 1. The van der Waals surface area contributed by atoms with Crippen LogP contribution < -0.4 is 0 Å². The van der Waals surface area contributed by atoms with E-state index in [2.05, 4.69) is 9.98 Å². The van der Waals surface area contributed by atoms with Gasteiger partial charge in [0.1, 0.15) is 17.2 Å². The number of rotatable bonds is 6. The molecule has 106 valence electrons. The fourth-order valence-electron chi connectivity index (χ4n) is 1.49. The zero-order valence-corrected chi connectivity index (χ0v) is 10.9. The van der Waals surface area contributed by atoms with Crippen LogP contribution in [0, 0.1) is 10.1 Å². The number of ketones is 1. The highest BCUT2D eigenvalue weighted by Gasteiger charge is 2.09. The van der Waals surface area contributed by atoms with E-state index in [9.17, 15) is 14.9 Å². The monoisotopic (exact) mass is 285 g/mol. The van der Waals surface area contributed by atoms with Crippen molar-refractivity contribution in [2.45, 2.75) is 0 Å². The molecule has 2 rings (SSSR count). The van der Waals surface area contributed by atoms with Crippen LogP contribution in [-0.2, 0) is 0 Å². The second-order valence-corrected chi connectivity index (χ2v) is 3.94. The Kier molecular flexibility index (Phi) is 4.70. The SMILES string of the molecule is O=C(CN=C/C=C/c1ccc([N+](=O)[O-])o1)c1ccncc1. The Labute approximate surface area is 119 Å². The van der Waals surface area contributed by atoms with E-state index < -0.39 is 4.92 Å². The van der Waals surface area contributed by atoms with E-state index in [0.29, 0.717) is 11.3 Å². The largest absolute Gasteiger partial charge is 0.433 e. The van der Waals surface area contributed by atoms with Crippen molar-refractivity contribution in [3.8, 4) is 0 Å². The summed E-state index contributed by atoms with van der Waals surface area (Å²) in [6.45, 7) is 0.0205. The lowest BCUT2D eigenvalue weighted by Crippen LogP contribution is -2.02. The second-order valence-electron chi connectivity index (χ2n) is 3.94. The van der Waals surface area contributed by atoms with Gasteiger partial charge in [0.05, 0.1) is 6.07 Å². The lowest BCUT2D eigenvalue weighted by molar-refractivity contribution is -0.402. The highest BCUT2D eigenvalue weighted by Crippen LogP contribution is 2.16. The molecule has 0 unspecified atom stereocenters. The fraction of sp³-hybridized carbons (Fsp3) is 0.0714. The molecule has 0 aliphatic carbocycles. The zero-order chi connectivity index (χ0) is 15.1. The summed E-state index contributed by atoms with van der Waals surface area (Å²) in [5, 5.41) is 10.4. The third-order valence-corrected chi connectivity index (χ3v) is 2.48. The van der Waals surface area contributed by atoms with Crippen LogP contribution >= 0.6 is 0 Å². The molecule has 0 spiro atoms. The van der Waals surface area contributed by atoms with Crippen LogP contribution in [0.4, 0.5) is 5.88 Å². The van der Waals surface area contributed by atoms with Crippen molar-refractivity contribution in [1.82, 2.24) is 4.98 Å². The van der Waals surface area contributed by atoms with Gasteiger partial charge in [-0.15, -0.1) is 0 Å². The van der Waals surface area contributed by atoms with Gasteiger partial charge in [-0.2, -0.15) is 0 Å². The summed E-state index contributed by atoms with van der Waals surface area (Å²) in [5.41, 5.74) is 0.549. The summed E-state index contributed by atoms with van der Waals surface area (Å²) < 4.78 is 4.92. The molecule has 0 saturated carbocycles. The van der Waals surface area contributed by atoms with Crippen LogP contribution in [0.15, 0.2) is 52.1 Å². The maximum atomic E-state index is 11.7. The molecule has 0 N–H and O–H groups in total. The first-order valence-corrected chi connectivity index (χ1v) is 6.01. The summed E-state index contributed by atoms with van der Waals surface area (Å²) in [4.78, 5) is 29.3. The first-order valence-electron chi connectivity index (χ1n) is 6.01. The van der Waals surface area contributed by atoms with Gasteiger partial charge in [-0.25, -0.2) is 0 Å². The number of pyridine rings is 1. The molecule has 2 aromatic heterocycles. The molecule has 21 heavy (non-hydrogen) atoms. The highest BCUT2D eigenvalue weighted by molar-refractivity contribution is 5.98. The molecule has 0 radical (unpaired) electrons. The van der Waals surface area contributed by atoms with Gasteiger partial charge in [0.25, 0.3) is 0 Å². The molecule has 7 heteroatoms. The highest BCUT2D eigenvalue weighted by atomic mass is 16.6. The first kappa shape index (κ1) is 14.3. The topological polar surface area (TPSA) is 98.6 Å². The quantitative estimate of drug-likeness (QED) is 0.351. The number of Topliss-reactive ketones (excluding diaryl/α,β-unsaturated/α-hetero) is 1. The predicted octanol–water partition coefficient (Wildman–Crippen LogP) is 2.55. The van der Waals surface area contributed by atoms with Crippen molar-refractivity contribution in [3.63, 3.8) is 0 Å². The van der Waals surface area contributed by atoms with E-state index in [0.717, 1.165) is 0 Å². The Morgan fingerprint density at radius 2 is 2.10 bits per heavy atom. The van der Waals surface area contributed by atoms with Crippen molar-refractivity contribution in [2.24, 2.45) is 4.99 Å². The van der Waals surface area contributed by atoms with E-state index >= 15 is 0 Å². The van der Waals surface area contributed by atoms with Gasteiger partial charge in [-0.05, 0) is 30.4 Å². The van der Waals surface area contributed by atoms with Gasteiger partial charge in [-0.1, -0.05) is 0 Å². The third-order valence-electron chi connectivity index (χ3n) is 2.48. The van der Waals surface area contributed by atoms with Gasteiger partial charge in [0.2, 0.25) is 0 Å². The summed E-state index contributed by atoms with van der Waals surface area (Å²) in [5.74, 6) is -0.0937. The van der Waals surface area contributed by atoms with E-state index in [1.807, 2.05) is 0 Å². The van der Waals surface area contributed by atoms with Gasteiger partial charge >= 0.3 is 5.88 Å². The standard InChI is InChI=1S/C14H11N3O4/c18-13(11-5-8-15-9-6-11)10-16-7-1-2-12-3-4-14(21-12)17(19)20/h1-9H,10H2/b2-1+,16-7?. The number of carbonyl (C=O) groups excluding carboxylic acids is 1. The van der Waals surface area contributed by atoms with Crippen LogP contribution in [0.25, 0.3) is 6.08 Å². The molecule has 0 aromatic carbocycles. The number of hydrogen-bond acceptors (Lipinski definition) is 6. The number of aromatic nitrogens is 1. The van der Waals surface area contributed by atoms with E-state index in [1.54, 1.807) is 30.6 Å². The maximum Gasteiger partial charge on any atom is 0.433 e. The average Bonchev–Trinajstić information content (AvgIpc) is 2.97. The lowest BCUT2D eigenvalue weighted by atomic mass is 10.2. The van der Waals surface area contributed by atoms with Crippen LogP contribution in [0.5, 0.6) is 0 Å². The van der Waals surface area contributed by atoms with E-state index in [4.69, 9.17) is 4.42 Å². The predicted molar refractivity (Wildman–Crippen MR) is 76.3 cm³/mol. The summed E-state index contributed by atoms with van der Waals surface area (Å²) >= 11 is 0. The Morgan fingerprint density at radius 1 is 1.33 bits per heavy atom. The summed E-state index contributed by atoms with van der Waals surface area (Å²) in [7, 11) is 0. The normalized spacial score (nSPS) is 11.2. The molecule has 0 amide bonds. The molecular formula is C14H11N3O4. The minimum absolute atomic E-state index is 0.0205. The second kappa shape index (κ2) is 6.90. The van der Waals surface area contributed by atoms with Gasteiger partial charge in [-0.3, -0.25) is 24.9 Å². The fourth-order valence-corrected chi connectivity index (χ4v) is 1.49. The molecule has 0 saturated heterocycles. The number of furan rings is 1. The number of nitrogens with zero attached hydrogens (tertiary/aromatic N) is 3. The van der Waals surface area contributed by atoms with Crippen molar-refractivity contribution in [2.75, 3.05) is 6.54 Å². The minimum atomic E-state index is -0.612. The summed E-state index contributed by atoms with van der Waals surface area (Å²) in [6.07, 6.45) is 7.59. The van der Waals surface area contributed by atoms with Gasteiger partial charge in [0, 0.05) is 24.2 Å². The first-order chi connectivity index (χ1) is 10.2.